The zero-order valence-corrected chi connectivity index (χ0v) is 6.03. The van der Waals surface area contributed by atoms with Gasteiger partial charge in [0.15, 0.2) is 0 Å². The molecule has 1 unspecified atom stereocenters. The highest BCUT2D eigenvalue weighted by atomic mass is 32.2. The van der Waals surface area contributed by atoms with Gasteiger partial charge in [0.1, 0.15) is 0 Å². The number of hydrogen-bond acceptors (Lipinski definition) is 2. The van der Waals surface area contributed by atoms with Gasteiger partial charge in [-0.05, 0) is 23.2 Å². The second-order valence-corrected chi connectivity index (χ2v) is 3.59. The van der Waals surface area contributed by atoms with Gasteiger partial charge in [-0.25, -0.2) is 0 Å². The molecular weight excluding hydrogens is 130 g/mol. The molecule has 0 aromatic rings. The minimum atomic E-state index is 0.792. The number of nitrogens with zero attached hydrogens (tertiary/aromatic N) is 1. The summed E-state index contributed by atoms with van der Waals surface area (Å²) >= 11 is 2.00. The fourth-order valence-electron chi connectivity index (χ4n) is 1.26. The van der Waals surface area contributed by atoms with Crippen molar-refractivity contribution >= 4 is 18.0 Å². The van der Waals surface area contributed by atoms with E-state index in [9.17, 15) is 0 Å². The smallest absolute Gasteiger partial charge is 0.0463 e. The Bertz CT molecular complexity index is 172. The van der Waals surface area contributed by atoms with Gasteiger partial charge in [0, 0.05) is 18.7 Å². The van der Waals surface area contributed by atoms with Gasteiger partial charge >= 0.3 is 0 Å². The molecule has 9 heavy (non-hydrogen) atoms. The molecule has 0 amide bonds. The highest BCUT2D eigenvalue weighted by Gasteiger charge is 2.21. The maximum absolute atomic E-state index is 4.21. The van der Waals surface area contributed by atoms with Gasteiger partial charge in [-0.15, -0.1) is 11.8 Å². The molecule has 1 saturated heterocycles. The van der Waals surface area contributed by atoms with Crippen LogP contribution < -0.4 is 0 Å². The van der Waals surface area contributed by atoms with E-state index in [2.05, 4.69) is 11.1 Å². The van der Waals surface area contributed by atoms with E-state index in [1.54, 1.807) is 4.91 Å². The van der Waals surface area contributed by atoms with Crippen LogP contribution in [0.15, 0.2) is 16.0 Å². The number of allylic oxidation sites excluding steroid dienone is 1. The number of fused-ring (bicyclic) bond motifs is 1. The summed E-state index contributed by atoms with van der Waals surface area (Å²) in [6.07, 6.45) is 5.43. The SMILES string of the molecule is C1=NCC2CCSC2=C1. The van der Waals surface area contributed by atoms with Crippen molar-refractivity contribution in [2.45, 2.75) is 6.42 Å². The Morgan fingerprint density at radius 2 is 2.67 bits per heavy atom. The van der Waals surface area contributed by atoms with E-state index in [-0.39, 0.29) is 0 Å². The molecular formula is C7H9NS. The molecule has 2 heteroatoms. The van der Waals surface area contributed by atoms with E-state index in [1.165, 1.54) is 12.2 Å². The molecule has 2 rings (SSSR count). The van der Waals surface area contributed by atoms with Gasteiger partial charge in [-0.3, -0.25) is 4.99 Å². The highest BCUT2D eigenvalue weighted by molar-refractivity contribution is 8.03. The molecule has 0 spiro atoms. The summed E-state index contributed by atoms with van der Waals surface area (Å²) in [6, 6.07) is 0. The number of hydrogen-bond donors (Lipinski definition) is 0. The Balaban J connectivity index is 2.23. The monoisotopic (exact) mass is 139 g/mol. The molecule has 0 N–H and O–H groups in total. The molecule has 0 saturated carbocycles. The van der Waals surface area contributed by atoms with Crippen molar-refractivity contribution in [2.75, 3.05) is 12.3 Å². The standard InChI is InChI=1S/C7H9NS/c1-3-8-5-6-2-4-9-7(1)6/h1,3,6H,2,4-5H2. The predicted octanol–water partition coefficient (Wildman–Crippen LogP) is 1.71. The molecule has 2 aliphatic heterocycles. The van der Waals surface area contributed by atoms with Gasteiger partial charge in [-0.2, -0.15) is 0 Å². The van der Waals surface area contributed by atoms with Crippen LogP contribution in [0.1, 0.15) is 6.42 Å². The first kappa shape index (κ1) is 5.54. The van der Waals surface area contributed by atoms with Crippen LogP contribution in [0, 0.1) is 5.92 Å². The van der Waals surface area contributed by atoms with Crippen LogP contribution in [0.3, 0.4) is 0 Å². The summed E-state index contributed by atoms with van der Waals surface area (Å²) in [5.41, 5.74) is 0. The van der Waals surface area contributed by atoms with Crippen LogP contribution in [0.2, 0.25) is 0 Å². The van der Waals surface area contributed by atoms with Crippen molar-refractivity contribution in [3.8, 4) is 0 Å². The van der Waals surface area contributed by atoms with Crippen molar-refractivity contribution in [2.24, 2.45) is 10.9 Å². The maximum atomic E-state index is 4.21. The van der Waals surface area contributed by atoms with E-state index in [0.29, 0.717) is 0 Å². The van der Waals surface area contributed by atoms with E-state index in [0.717, 1.165) is 12.5 Å². The zero-order valence-electron chi connectivity index (χ0n) is 5.21. The minimum absolute atomic E-state index is 0.792. The van der Waals surface area contributed by atoms with Crippen LogP contribution >= 0.6 is 11.8 Å². The van der Waals surface area contributed by atoms with Gasteiger partial charge in [0.2, 0.25) is 0 Å². The fraction of sp³-hybridized carbons (Fsp3) is 0.571. The Morgan fingerprint density at radius 1 is 1.67 bits per heavy atom. The number of thioether (sulfide) groups is 1. The summed E-state index contributed by atoms with van der Waals surface area (Å²) in [4.78, 5) is 5.77. The molecule has 0 aromatic carbocycles. The van der Waals surface area contributed by atoms with Crippen LogP contribution in [-0.2, 0) is 0 Å². The molecule has 1 nitrogen and oxygen atoms in total. The van der Waals surface area contributed by atoms with Gasteiger partial charge in [-0.1, -0.05) is 0 Å². The average molecular weight is 139 g/mol. The third-order valence-electron chi connectivity index (χ3n) is 1.81. The minimum Gasteiger partial charge on any atom is -0.292 e. The van der Waals surface area contributed by atoms with Crippen LogP contribution in [0.25, 0.3) is 0 Å². The van der Waals surface area contributed by atoms with Gasteiger partial charge in [0.05, 0.1) is 0 Å². The first-order valence-corrected chi connectivity index (χ1v) is 4.28. The molecule has 2 aliphatic rings. The van der Waals surface area contributed by atoms with E-state index in [1.807, 2.05) is 18.0 Å². The van der Waals surface area contributed by atoms with Crippen molar-refractivity contribution in [3.63, 3.8) is 0 Å². The average Bonchev–Trinajstić information content (AvgIpc) is 2.33. The molecule has 0 aliphatic carbocycles. The molecule has 0 radical (unpaired) electrons. The number of aliphatic imine (C=N–C) groups is 1. The molecule has 2 heterocycles. The van der Waals surface area contributed by atoms with Crippen molar-refractivity contribution < 1.29 is 0 Å². The molecule has 1 atom stereocenters. The quantitative estimate of drug-likeness (QED) is 0.497. The Hall–Kier alpha value is -0.240. The van der Waals surface area contributed by atoms with Gasteiger partial charge in [0.25, 0.3) is 0 Å². The fourth-order valence-corrected chi connectivity index (χ4v) is 2.48. The Morgan fingerprint density at radius 3 is 3.56 bits per heavy atom. The van der Waals surface area contributed by atoms with E-state index >= 15 is 0 Å². The van der Waals surface area contributed by atoms with Crippen molar-refractivity contribution in [3.05, 3.63) is 11.0 Å². The largest absolute Gasteiger partial charge is 0.292 e. The summed E-state index contributed by atoms with van der Waals surface area (Å²) in [6.45, 7) is 1.04. The molecule has 1 fully saturated rings. The summed E-state index contributed by atoms with van der Waals surface area (Å²) in [5, 5.41) is 0. The first-order chi connectivity index (χ1) is 4.47. The lowest BCUT2D eigenvalue weighted by Gasteiger charge is -2.09. The van der Waals surface area contributed by atoms with Crippen LogP contribution in [0.4, 0.5) is 0 Å². The highest BCUT2D eigenvalue weighted by Crippen LogP contribution is 2.36. The molecule has 0 bridgehead atoms. The predicted molar refractivity (Wildman–Crippen MR) is 42.0 cm³/mol. The second kappa shape index (κ2) is 2.18. The second-order valence-electron chi connectivity index (χ2n) is 2.42. The lowest BCUT2D eigenvalue weighted by atomic mass is 10.1. The summed E-state index contributed by atoms with van der Waals surface area (Å²) < 4.78 is 0. The lowest BCUT2D eigenvalue weighted by Crippen LogP contribution is -2.04. The third-order valence-corrected chi connectivity index (χ3v) is 3.05. The van der Waals surface area contributed by atoms with Gasteiger partial charge < -0.3 is 0 Å². The van der Waals surface area contributed by atoms with E-state index in [4.69, 9.17) is 0 Å². The summed E-state index contributed by atoms with van der Waals surface area (Å²) in [5.74, 6) is 2.10. The third kappa shape index (κ3) is 0.917. The van der Waals surface area contributed by atoms with Crippen molar-refractivity contribution in [1.29, 1.82) is 0 Å². The lowest BCUT2D eigenvalue weighted by molar-refractivity contribution is 0.652. The zero-order chi connectivity index (χ0) is 6.10. The molecule has 48 valence electrons. The number of rotatable bonds is 0. The molecule has 0 aromatic heterocycles. The van der Waals surface area contributed by atoms with Crippen LogP contribution in [0.5, 0.6) is 0 Å². The number of dihydropyridines is 1. The maximum Gasteiger partial charge on any atom is 0.0463 e. The topological polar surface area (TPSA) is 12.4 Å². The first-order valence-electron chi connectivity index (χ1n) is 3.29. The Kier molecular flexibility index (Phi) is 1.34. The Labute approximate surface area is 59.2 Å². The van der Waals surface area contributed by atoms with Crippen LogP contribution in [-0.4, -0.2) is 18.5 Å². The van der Waals surface area contributed by atoms with E-state index < -0.39 is 0 Å². The normalized spacial score (nSPS) is 32.0. The summed E-state index contributed by atoms with van der Waals surface area (Å²) in [7, 11) is 0. The van der Waals surface area contributed by atoms with Crippen molar-refractivity contribution in [1.82, 2.24) is 0 Å².